The van der Waals surface area contributed by atoms with Gasteiger partial charge in [0.1, 0.15) is 17.9 Å². The predicted molar refractivity (Wildman–Crippen MR) is 146 cm³/mol. The second-order valence-corrected chi connectivity index (χ2v) is 10.2. The Bertz CT molecular complexity index is 1380. The lowest BCUT2D eigenvalue weighted by Crippen LogP contribution is -2.45. The Balaban J connectivity index is 1.57. The molecule has 2 aliphatic rings. The first-order chi connectivity index (χ1) is 19.4. The highest BCUT2D eigenvalue weighted by atomic mass is 19.4. The Labute approximate surface area is 235 Å². The molecule has 0 radical (unpaired) electrons. The first-order valence-electron chi connectivity index (χ1n) is 13.4. The van der Waals surface area contributed by atoms with Crippen LogP contribution in [0.1, 0.15) is 54.9 Å². The number of amides is 5. The number of alkyl halides is 3. The zero-order valence-electron chi connectivity index (χ0n) is 22.9. The first kappa shape index (κ1) is 29.8. The maximum atomic E-state index is 13.6. The van der Waals surface area contributed by atoms with Gasteiger partial charge in [-0.1, -0.05) is 50.1 Å². The summed E-state index contributed by atoms with van der Waals surface area (Å²) in [6.45, 7) is 1.46. The molecular formula is C29H32F3N5O4. The number of aliphatic imine (C=N–C) groups is 1. The Kier molecular flexibility index (Phi) is 8.79. The van der Waals surface area contributed by atoms with Crippen LogP contribution in [0.15, 0.2) is 47.5 Å². The van der Waals surface area contributed by atoms with Crippen LogP contribution in [0.3, 0.4) is 0 Å². The minimum atomic E-state index is -4.47. The van der Waals surface area contributed by atoms with Crippen LogP contribution >= 0.6 is 0 Å². The van der Waals surface area contributed by atoms with Crippen LogP contribution in [0, 0.1) is 0 Å². The third-order valence-corrected chi connectivity index (χ3v) is 7.30. The highest BCUT2D eigenvalue weighted by Gasteiger charge is 2.50. The number of hydrogen-bond acceptors (Lipinski definition) is 5. The van der Waals surface area contributed by atoms with Gasteiger partial charge in [0.15, 0.2) is 0 Å². The van der Waals surface area contributed by atoms with Crippen molar-refractivity contribution in [3.8, 4) is 0 Å². The molecule has 0 unspecified atom stereocenters. The van der Waals surface area contributed by atoms with Gasteiger partial charge in [-0.05, 0) is 48.1 Å². The molecule has 3 N–H and O–H groups in total. The van der Waals surface area contributed by atoms with Gasteiger partial charge in [0.25, 0.3) is 5.91 Å². The standard InChI is InChI=1S/C29H32F3N5O4/c1-3-18-10-11-21(14-20(18)15-23(38)35-27(41)33-2)34-24(39)17-37-25(36-28(26(37)40)12-6-7-13-28)22-9-5-4-8-19(22)16-29(30,31)32/h4-5,8-11,14H,3,6-7,12-13,15-17H2,1-2H3,(H,34,39)(H2,33,35,38,41). The van der Waals surface area contributed by atoms with E-state index in [0.29, 0.717) is 30.5 Å². The van der Waals surface area contributed by atoms with Crippen LogP contribution in [0.5, 0.6) is 0 Å². The second-order valence-electron chi connectivity index (χ2n) is 10.2. The minimum absolute atomic E-state index is 0.0261. The van der Waals surface area contributed by atoms with E-state index in [4.69, 9.17) is 0 Å². The number of hydrogen-bond donors (Lipinski definition) is 3. The number of urea groups is 1. The zero-order valence-corrected chi connectivity index (χ0v) is 22.9. The summed E-state index contributed by atoms with van der Waals surface area (Å²) in [5.74, 6) is -1.42. The summed E-state index contributed by atoms with van der Waals surface area (Å²) >= 11 is 0. The summed E-state index contributed by atoms with van der Waals surface area (Å²) < 4.78 is 40.0. The van der Waals surface area contributed by atoms with Crippen LogP contribution < -0.4 is 16.0 Å². The van der Waals surface area contributed by atoms with Crippen molar-refractivity contribution < 1.29 is 32.3 Å². The molecule has 4 rings (SSSR count). The number of amidine groups is 1. The zero-order chi connectivity index (χ0) is 29.8. The normalized spacial score (nSPS) is 16.1. The van der Waals surface area contributed by atoms with Crippen molar-refractivity contribution in [2.45, 2.75) is 63.6 Å². The maximum absolute atomic E-state index is 13.6. The lowest BCUT2D eigenvalue weighted by molar-refractivity contribution is -0.133. The summed E-state index contributed by atoms with van der Waals surface area (Å²) in [5, 5.41) is 7.24. The monoisotopic (exact) mass is 571 g/mol. The number of imide groups is 1. The molecule has 0 saturated heterocycles. The van der Waals surface area contributed by atoms with E-state index in [2.05, 4.69) is 20.9 Å². The summed E-state index contributed by atoms with van der Waals surface area (Å²) in [6.07, 6.45) is -2.70. The van der Waals surface area contributed by atoms with Gasteiger partial charge in [-0.15, -0.1) is 0 Å². The fraction of sp³-hybridized carbons (Fsp3) is 0.414. The molecule has 218 valence electrons. The third-order valence-electron chi connectivity index (χ3n) is 7.30. The van der Waals surface area contributed by atoms with E-state index in [1.165, 1.54) is 30.1 Å². The molecule has 2 aromatic rings. The van der Waals surface area contributed by atoms with Gasteiger partial charge in [0.2, 0.25) is 11.8 Å². The van der Waals surface area contributed by atoms with Crippen LogP contribution in [-0.2, 0) is 33.6 Å². The fourth-order valence-electron chi connectivity index (χ4n) is 5.37. The molecule has 1 fully saturated rings. The molecular weight excluding hydrogens is 539 g/mol. The lowest BCUT2D eigenvalue weighted by atomic mass is 9.98. The highest BCUT2D eigenvalue weighted by Crippen LogP contribution is 2.40. The van der Waals surface area contributed by atoms with E-state index in [-0.39, 0.29) is 23.4 Å². The first-order valence-corrected chi connectivity index (χ1v) is 13.4. The molecule has 5 amide bonds. The average molecular weight is 572 g/mol. The van der Waals surface area contributed by atoms with E-state index >= 15 is 0 Å². The molecule has 41 heavy (non-hydrogen) atoms. The van der Waals surface area contributed by atoms with E-state index in [9.17, 15) is 32.3 Å². The van der Waals surface area contributed by atoms with Crippen LogP contribution in [-0.4, -0.2) is 59.8 Å². The van der Waals surface area contributed by atoms with Gasteiger partial charge in [0.05, 0.1) is 12.8 Å². The van der Waals surface area contributed by atoms with E-state index in [1.807, 2.05) is 6.92 Å². The molecule has 1 aliphatic carbocycles. The third kappa shape index (κ3) is 6.93. The summed E-state index contributed by atoms with van der Waals surface area (Å²) in [7, 11) is 1.39. The largest absolute Gasteiger partial charge is 0.393 e. The van der Waals surface area contributed by atoms with Crippen LogP contribution in [0.2, 0.25) is 0 Å². The van der Waals surface area contributed by atoms with Crippen LogP contribution in [0.25, 0.3) is 0 Å². The number of anilines is 1. The summed E-state index contributed by atoms with van der Waals surface area (Å²) in [6, 6.07) is 10.3. The number of aryl methyl sites for hydroxylation is 1. The Morgan fingerprint density at radius 3 is 2.37 bits per heavy atom. The number of halogens is 3. The van der Waals surface area contributed by atoms with Crippen molar-refractivity contribution in [2.75, 3.05) is 18.9 Å². The lowest BCUT2D eigenvalue weighted by Gasteiger charge is -2.23. The maximum Gasteiger partial charge on any atom is 0.393 e. The van der Waals surface area contributed by atoms with Gasteiger partial charge < -0.3 is 10.6 Å². The summed E-state index contributed by atoms with van der Waals surface area (Å²) in [4.78, 5) is 56.4. The number of carbonyl (C=O) groups excluding carboxylic acids is 4. The van der Waals surface area contributed by atoms with Crippen molar-refractivity contribution in [2.24, 2.45) is 4.99 Å². The minimum Gasteiger partial charge on any atom is -0.341 e. The number of carbonyl (C=O) groups is 4. The molecule has 1 spiro atoms. The van der Waals surface area contributed by atoms with Crippen molar-refractivity contribution in [1.82, 2.24) is 15.5 Å². The molecule has 1 heterocycles. The Morgan fingerprint density at radius 2 is 1.71 bits per heavy atom. The van der Waals surface area contributed by atoms with E-state index < -0.39 is 48.4 Å². The summed E-state index contributed by atoms with van der Waals surface area (Å²) in [5.41, 5.74) is 0.900. The quantitative estimate of drug-likeness (QED) is 0.445. The molecule has 12 heteroatoms. The second kappa shape index (κ2) is 12.1. The SMILES string of the molecule is CCc1ccc(NC(=O)CN2C(=O)C3(CCCC3)N=C2c2ccccc2CC(F)(F)F)cc1CC(=O)NC(=O)NC. The molecule has 0 aromatic heterocycles. The molecule has 1 saturated carbocycles. The fourth-order valence-corrected chi connectivity index (χ4v) is 5.37. The van der Waals surface area contributed by atoms with Crippen molar-refractivity contribution in [3.05, 3.63) is 64.7 Å². The van der Waals surface area contributed by atoms with E-state index in [0.717, 1.165) is 18.4 Å². The molecule has 2 aromatic carbocycles. The molecule has 9 nitrogen and oxygen atoms in total. The van der Waals surface area contributed by atoms with Crippen LogP contribution in [0.4, 0.5) is 23.7 Å². The number of nitrogens with one attached hydrogen (secondary N) is 3. The average Bonchev–Trinajstić information content (AvgIpc) is 3.49. The smallest absolute Gasteiger partial charge is 0.341 e. The molecule has 0 atom stereocenters. The van der Waals surface area contributed by atoms with Gasteiger partial charge >= 0.3 is 12.2 Å². The predicted octanol–water partition coefficient (Wildman–Crippen LogP) is 3.89. The Morgan fingerprint density at radius 1 is 1.00 bits per heavy atom. The highest BCUT2D eigenvalue weighted by molar-refractivity contribution is 6.17. The van der Waals surface area contributed by atoms with Crippen molar-refractivity contribution in [3.63, 3.8) is 0 Å². The Hall–Kier alpha value is -4.22. The number of rotatable bonds is 8. The number of benzene rings is 2. The van der Waals surface area contributed by atoms with Gasteiger partial charge in [-0.3, -0.25) is 29.6 Å². The molecule has 1 aliphatic heterocycles. The van der Waals surface area contributed by atoms with Gasteiger partial charge in [-0.25, -0.2) is 4.79 Å². The topological polar surface area (TPSA) is 120 Å². The van der Waals surface area contributed by atoms with Gasteiger partial charge in [0, 0.05) is 18.3 Å². The van der Waals surface area contributed by atoms with E-state index in [1.54, 1.807) is 24.3 Å². The molecule has 0 bridgehead atoms. The van der Waals surface area contributed by atoms with Gasteiger partial charge in [-0.2, -0.15) is 13.2 Å². The number of nitrogens with zero attached hydrogens (tertiary/aromatic N) is 2. The van der Waals surface area contributed by atoms with Crippen molar-refractivity contribution in [1.29, 1.82) is 0 Å². The van der Waals surface area contributed by atoms with Crippen molar-refractivity contribution >= 4 is 35.3 Å².